The fourth-order valence-electron chi connectivity index (χ4n) is 2.18. The molecule has 1 heterocycles. The Kier molecular flexibility index (Phi) is 6.12. The van der Waals surface area contributed by atoms with Gasteiger partial charge in [-0.15, -0.1) is 11.3 Å². The van der Waals surface area contributed by atoms with Gasteiger partial charge in [0.25, 0.3) is 20.0 Å². The van der Waals surface area contributed by atoms with Gasteiger partial charge in [0.05, 0.1) is 20.5 Å². The van der Waals surface area contributed by atoms with E-state index in [0.717, 1.165) is 11.3 Å². The molecule has 0 radical (unpaired) electrons. The Bertz CT molecular complexity index is 1180. The number of anilines is 2. The lowest BCUT2D eigenvalue weighted by molar-refractivity contribution is 0.411. The van der Waals surface area contributed by atoms with Crippen LogP contribution >= 0.6 is 33.9 Å². The highest BCUT2D eigenvalue weighted by atomic mass is 127. The van der Waals surface area contributed by atoms with Crippen LogP contribution in [0.15, 0.2) is 63.8 Å². The minimum absolute atomic E-state index is 0.00959. The largest absolute Gasteiger partial charge is 0.496 e. The monoisotopic (exact) mass is 551 g/mol. The standard InChI is InChI=1S/C16H14IN3O5S3/c1-25-15-7-6-13(10-14(15)17)28(23,24)19-11-2-4-12(5-3-11)27(21,22)20-16-18-8-9-26-16/h2-10,19H,1H3,(H,18,20). The molecule has 0 spiro atoms. The average Bonchev–Trinajstić information content (AvgIpc) is 3.14. The first-order valence-electron chi connectivity index (χ1n) is 7.60. The molecule has 0 aliphatic rings. The van der Waals surface area contributed by atoms with Gasteiger partial charge >= 0.3 is 0 Å². The number of hydrogen-bond donors (Lipinski definition) is 2. The maximum atomic E-state index is 12.6. The van der Waals surface area contributed by atoms with Gasteiger partial charge in [0.15, 0.2) is 5.13 Å². The number of nitrogens with one attached hydrogen (secondary N) is 2. The third-order valence-electron chi connectivity index (χ3n) is 3.50. The lowest BCUT2D eigenvalue weighted by Gasteiger charge is -2.11. The number of sulfonamides is 2. The van der Waals surface area contributed by atoms with Gasteiger partial charge in [-0.1, -0.05) is 0 Å². The van der Waals surface area contributed by atoms with Crippen LogP contribution < -0.4 is 14.2 Å². The third kappa shape index (κ3) is 4.74. The van der Waals surface area contributed by atoms with E-state index >= 15 is 0 Å². The third-order valence-corrected chi connectivity index (χ3v) is 7.90. The van der Waals surface area contributed by atoms with E-state index < -0.39 is 20.0 Å². The SMILES string of the molecule is COc1ccc(S(=O)(=O)Nc2ccc(S(=O)(=O)Nc3nccs3)cc2)cc1I. The first-order valence-corrected chi connectivity index (χ1v) is 12.5. The van der Waals surface area contributed by atoms with Crippen molar-refractivity contribution in [2.24, 2.45) is 0 Å². The summed E-state index contributed by atoms with van der Waals surface area (Å²) in [7, 11) is -6.13. The Morgan fingerprint density at radius 1 is 0.964 bits per heavy atom. The van der Waals surface area contributed by atoms with E-state index in [9.17, 15) is 16.8 Å². The fourth-order valence-corrected chi connectivity index (χ4v) is 6.00. The molecule has 0 saturated heterocycles. The predicted octanol–water partition coefficient (Wildman–Crippen LogP) is 3.36. The van der Waals surface area contributed by atoms with Gasteiger partial charge in [-0.05, 0) is 65.1 Å². The molecule has 28 heavy (non-hydrogen) atoms. The van der Waals surface area contributed by atoms with Crippen LogP contribution in [0.4, 0.5) is 10.8 Å². The summed E-state index contributed by atoms with van der Waals surface area (Å²) >= 11 is 3.14. The predicted molar refractivity (Wildman–Crippen MR) is 116 cm³/mol. The molecule has 2 N–H and O–H groups in total. The van der Waals surface area contributed by atoms with Gasteiger partial charge in [-0.3, -0.25) is 9.44 Å². The van der Waals surface area contributed by atoms with Gasteiger partial charge in [0, 0.05) is 17.3 Å². The molecule has 148 valence electrons. The zero-order chi connectivity index (χ0) is 20.4. The van der Waals surface area contributed by atoms with Gasteiger partial charge < -0.3 is 4.74 Å². The molecule has 1 aromatic heterocycles. The zero-order valence-electron chi connectivity index (χ0n) is 14.3. The van der Waals surface area contributed by atoms with Gasteiger partial charge in [-0.25, -0.2) is 21.8 Å². The number of benzene rings is 2. The summed E-state index contributed by atoms with van der Waals surface area (Å²) in [5.41, 5.74) is 0.235. The van der Waals surface area contributed by atoms with Gasteiger partial charge in [0.1, 0.15) is 5.75 Å². The molecule has 0 bridgehead atoms. The number of thiazole rings is 1. The number of halogens is 1. The van der Waals surface area contributed by atoms with Crippen LogP contribution in [-0.4, -0.2) is 28.9 Å². The lowest BCUT2D eigenvalue weighted by Crippen LogP contribution is -2.14. The Labute approximate surface area is 180 Å². The second-order valence-corrected chi connectivity index (χ2v) is 10.8. The molecule has 0 unspecified atom stereocenters. The van der Waals surface area contributed by atoms with Crippen molar-refractivity contribution < 1.29 is 21.6 Å². The number of ether oxygens (including phenoxy) is 1. The van der Waals surface area contributed by atoms with Crippen molar-refractivity contribution in [3.05, 3.63) is 57.6 Å². The van der Waals surface area contributed by atoms with Crippen molar-refractivity contribution in [1.29, 1.82) is 0 Å². The van der Waals surface area contributed by atoms with Crippen LogP contribution in [0.1, 0.15) is 0 Å². The number of nitrogens with zero attached hydrogens (tertiary/aromatic N) is 1. The van der Waals surface area contributed by atoms with Gasteiger partial charge in [0.2, 0.25) is 0 Å². The maximum Gasteiger partial charge on any atom is 0.263 e. The van der Waals surface area contributed by atoms with Crippen molar-refractivity contribution in [3.63, 3.8) is 0 Å². The molecule has 0 amide bonds. The smallest absolute Gasteiger partial charge is 0.263 e. The summed E-state index contributed by atoms with van der Waals surface area (Å²) in [5, 5.41) is 1.90. The van der Waals surface area contributed by atoms with Crippen LogP contribution in [0.2, 0.25) is 0 Å². The second-order valence-electron chi connectivity index (χ2n) is 5.37. The molecular weight excluding hydrogens is 537 g/mol. The van der Waals surface area contributed by atoms with Crippen LogP contribution in [0.3, 0.4) is 0 Å². The molecule has 12 heteroatoms. The first-order chi connectivity index (χ1) is 13.2. The topological polar surface area (TPSA) is 114 Å². The summed E-state index contributed by atoms with van der Waals surface area (Å²) in [6.07, 6.45) is 1.49. The Morgan fingerprint density at radius 3 is 2.18 bits per heavy atom. The fraction of sp³-hybridized carbons (Fsp3) is 0.0625. The Hall–Kier alpha value is -1.90. The second kappa shape index (κ2) is 8.23. The number of aromatic nitrogens is 1. The van der Waals surface area contributed by atoms with E-state index in [0.29, 0.717) is 9.32 Å². The highest BCUT2D eigenvalue weighted by Crippen LogP contribution is 2.26. The normalized spacial score (nSPS) is 11.8. The van der Waals surface area contributed by atoms with Crippen LogP contribution in [0.25, 0.3) is 0 Å². The van der Waals surface area contributed by atoms with E-state index in [4.69, 9.17) is 4.74 Å². The first kappa shape index (κ1) is 20.8. The molecule has 2 aromatic carbocycles. The van der Waals surface area contributed by atoms with Crippen molar-refractivity contribution in [2.75, 3.05) is 16.6 Å². The summed E-state index contributed by atoms with van der Waals surface area (Å²) in [6, 6.07) is 9.86. The molecule has 0 aliphatic carbocycles. The van der Waals surface area contributed by atoms with Crippen LogP contribution in [0, 0.1) is 3.57 Å². The average molecular weight is 551 g/mol. The van der Waals surface area contributed by atoms with E-state index in [1.54, 1.807) is 11.4 Å². The minimum Gasteiger partial charge on any atom is -0.496 e. The van der Waals surface area contributed by atoms with Crippen molar-refractivity contribution in [3.8, 4) is 5.75 Å². The summed E-state index contributed by atoms with van der Waals surface area (Å²) in [4.78, 5) is 3.93. The summed E-state index contributed by atoms with van der Waals surface area (Å²) in [6.45, 7) is 0. The van der Waals surface area contributed by atoms with Crippen molar-refractivity contribution in [1.82, 2.24) is 4.98 Å². The molecule has 3 aromatic rings. The molecule has 0 aliphatic heterocycles. The van der Waals surface area contributed by atoms with E-state index in [-0.39, 0.29) is 20.6 Å². The maximum absolute atomic E-state index is 12.6. The van der Waals surface area contributed by atoms with E-state index in [2.05, 4.69) is 14.4 Å². The van der Waals surface area contributed by atoms with Crippen molar-refractivity contribution >= 4 is 64.8 Å². The number of methoxy groups -OCH3 is 1. The Balaban J connectivity index is 1.79. The lowest BCUT2D eigenvalue weighted by atomic mass is 10.3. The molecule has 0 fully saturated rings. The zero-order valence-corrected chi connectivity index (χ0v) is 18.9. The van der Waals surface area contributed by atoms with Crippen molar-refractivity contribution in [2.45, 2.75) is 9.79 Å². The summed E-state index contributed by atoms with van der Waals surface area (Å²) < 4.78 is 60.3. The number of hydrogen-bond acceptors (Lipinski definition) is 7. The highest BCUT2D eigenvalue weighted by molar-refractivity contribution is 14.1. The van der Waals surface area contributed by atoms with Crippen LogP contribution in [-0.2, 0) is 20.0 Å². The minimum atomic E-state index is -3.83. The number of rotatable bonds is 7. The highest BCUT2D eigenvalue weighted by Gasteiger charge is 2.18. The van der Waals surface area contributed by atoms with Crippen LogP contribution in [0.5, 0.6) is 5.75 Å². The quantitative estimate of drug-likeness (QED) is 0.436. The molecule has 0 saturated carbocycles. The van der Waals surface area contributed by atoms with E-state index in [1.807, 2.05) is 22.6 Å². The summed E-state index contributed by atoms with van der Waals surface area (Å²) in [5.74, 6) is 0.571. The molecular formula is C16H14IN3O5S3. The molecule has 8 nitrogen and oxygen atoms in total. The molecule has 3 rings (SSSR count). The van der Waals surface area contributed by atoms with E-state index in [1.165, 1.54) is 49.7 Å². The van der Waals surface area contributed by atoms with Gasteiger partial charge in [-0.2, -0.15) is 0 Å². The molecule has 0 atom stereocenters. The Morgan fingerprint density at radius 2 is 1.61 bits per heavy atom.